The first-order valence-corrected chi connectivity index (χ1v) is 12.1. The summed E-state index contributed by atoms with van der Waals surface area (Å²) >= 11 is 5.64. The molecule has 152 valence electrons. The first kappa shape index (κ1) is 22.1. The van der Waals surface area contributed by atoms with Gasteiger partial charge in [0.05, 0.1) is 0 Å². The molecule has 3 aromatic rings. The van der Waals surface area contributed by atoms with Gasteiger partial charge >= 0.3 is 189 Å². The third-order valence-corrected chi connectivity index (χ3v) is 8.05. The van der Waals surface area contributed by atoms with Gasteiger partial charge in [-0.1, -0.05) is 0 Å². The number of rotatable bonds is 8. The summed E-state index contributed by atoms with van der Waals surface area (Å²) in [4.78, 5) is 35.7. The number of carboxylic acid groups (broad SMARTS) is 1. The van der Waals surface area contributed by atoms with E-state index in [9.17, 15) is 24.8 Å². The summed E-state index contributed by atoms with van der Waals surface area (Å²) in [6, 6.07) is 18.4. The topological polar surface area (TPSA) is 97.5 Å². The Hall–Kier alpha value is -2.60. The van der Waals surface area contributed by atoms with E-state index in [4.69, 9.17) is 11.6 Å². The molecule has 0 fully saturated rings. The molecule has 30 heavy (non-hydrogen) atoms. The Balaban J connectivity index is 1.83. The first-order valence-electron chi connectivity index (χ1n) is 8.64. The summed E-state index contributed by atoms with van der Waals surface area (Å²) in [6.07, 6.45) is 0. The van der Waals surface area contributed by atoms with E-state index < -0.39 is 26.6 Å². The predicted octanol–water partition coefficient (Wildman–Crippen LogP) is 4.14. The molecule has 0 bridgehead atoms. The number of hydrogen-bond acceptors (Lipinski definition) is 5. The summed E-state index contributed by atoms with van der Waals surface area (Å²) in [5.74, 6) is -0.599. The van der Waals surface area contributed by atoms with Crippen LogP contribution in [0, 0.1) is 10.1 Å². The molecular formula is C21H15AsClNO5S. The van der Waals surface area contributed by atoms with Crippen molar-refractivity contribution in [2.24, 2.45) is 0 Å². The fraction of sp³-hybridized carbons (Fsp3) is 0.0476. The Bertz CT molecular complexity index is 1120. The van der Waals surface area contributed by atoms with Crippen molar-refractivity contribution < 1.29 is 19.6 Å². The Kier molecular flexibility index (Phi) is 7.32. The monoisotopic (exact) mass is 503 g/mol. The van der Waals surface area contributed by atoms with Crippen LogP contribution in [-0.4, -0.2) is 36.3 Å². The molecule has 6 nitrogen and oxygen atoms in total. The quantitative estimate of drug-likeness (QED) is 0.215. The Morgan fingerprint density at radius 1 is 1.07 bits per heavy atom. The summed E-state index contributed by atoms with van der Waals surface area (Å²) in [5.41, 5.74) is 1.09. The van der Waals surface area contributed by atoms with Crippen LogP contribution in [0.15, 0.2) is 71.6 Å². The van der Waals surface area contributed by atoms with Crippen molar-refractivity contribution >= 4 is 59.7 Å². The number of aromatic carboxylic acids is 1. The van der Waals surface area contributed by atoms with E-state index in [0.29, 0.717) is 15.0 Å². The molecule has 1 N–H and O–H groups in total. The van der Waals surface area contributed by atoms with Crippen LogP contribution < -0.4 is 4.35 Å². The number of carbonyl (C=O) groups excluding carboxylic acids is 1. The maximum atomic E-state index is 12.7. The zero-order valence-electron chi connectivity index (χ0n) is 15.4. The first-order chi connectivity index (χ1) is 14.3. The second-order valence-corrected chi connectivity index (χ2v) is 10.2. The zero-order valence-corrected chi connectivity index (χ0v) is 19.0. The fourth-order valence-corrected chi connectivity index (χ4v) is 5.94. The predicted molar refractivity (Wildman–Crippen MR) is 119 cm³/mol. The van der Waals surface area contributed by atoms with Gasteiger partial charge in [0.15, 0.2) is 0 Å². The molecule has 0 saturated carbocycles. The normalized spacial score (nSPS) is 11.0. The molecule has 0 aliphatic carbocycles. The van der Waals surface area contributed by atoms with Gasteiger partial charge in [-0.2, -0.15) is 0 Å². The number of carboxylic acids is 1. The summed E-state index contributed by atoms with van der Waals surface area (Å²) in [6.45, 7) is 0. The van der Waals surface area contributed by atoms with Crippen LogP contribution in [0.3, 0.4) is 0 Å². The van der Waals surface area contributed by atoms with E-state index in [1.54, 1.807) is 12.1 Å². The van der Waals surface area contributed by atoms with E-state index in [-0.39, 0.29) is 26.4 Å². The molecule has 0 amide bonds. The molecule has 0 aliphatic rings. The maximum absolute atomic E-state index is 12.7. The van der Waals surface area contributed by atoms with E-state index in [1.165, 1.54) is 36.0 Å². The Morgan fingerprint density at radius 3 is 2.47 bits per heavy atom. The number of nitrogens with zero attached hydrogens (tertiary/aromatic N) is 1. The van der Waals surface area contributed by atoms with Crippen LogP contribution in [0.25, 0.3) is 0 Å². The summed E-state index contributed by atoms with van der Waals surface area (Å²) < 4.78 is 0.129. The third-order valence-electron chi connectivity index (χ3n) is 4.12. The van der Waals surface area contributed by atoms with Gasteiger partial charge in [-0.15, -0.1) is 0 Å². The van der Waals surface area contributed by atoms with Gasteiger partial charge < -0.3 is 0 Å². The van der Waals surface area contributed by atoms with Crippen molar-refractivity contribution in [1.82, 2.24) is 0 Å². The molecule has 3 aromatic carbocycles. The van der Waals surface area contributed by atoms with Gasteiger partial charge in [-0.3, -0.25) is 0 Å². The van der Waals surface area contributed by atoms with Crippen molar-refractivity contribution in [3.8, 4) is 0 Å². The van der Waals surface area contributed by atoms with Crippen LogP contribution in [-0.2, 0) is 5.75 Å². The zero-order chi connectivity index (χ0) is 21.7. The number of carbonyl (C=O) groups is 2. The second kappa shape index (κ2) is 9.94. The second-order valence-electron chi connectivity index (χ2n) is 6.16. The van der Waals surface area contributed by atoms with E-state index in [0.717, 1.165) is 5.56 Å². The summed E-state index contributed by atoms with van der Waals surface area (Å²) in [7, 11) is 0. The minimum absolute atomic E-state index is 0.0135. The average molecular weight is 504 g/mol. The van der Waals surface area contributed by atoms with Crippen LogP contribution in [0.1, 0.15) is 26.3 Å². The van der Waals surface area contributed by atoms with E-state index in [2.05, 4.69) is 0 Å². The van der Waals surface area contributed by atoms with E-state index in [1.807, 2.05) is 30.3 Å². The van der Waals surface area contributed by atoms with Crippen molar-refractivity contribution in [2.75, 3.05) is 0 Å². The molecule has 0 saturated heterocycles. The standard InChI is InChI=1S/C21H15AsClNO5S/c23-15-7-8-17(16(11-15)21(26)27)22-20(25)14-6-9-19(18(10-14)24(28)29)30-12-13-4-2-1-3-5-13/h1-11,22H,12H2,(H,26,27). The molecule has 0 heterocycles. The SMILES string of the molecule is O=C([AsH]c1ccc(Cl)cc1C(=O)O)c1ccc(SCc2ccccc2)c([N+](=O)[O-])c1. The summed E-state index contributed by atoms with van der Waals surface area (Å²) in [5, 5.41) is 21.2. The fourth-order valence-electron chi connectivity index (χ4n) is 2.66. The number of thioether (sulfide) groups is 1. The van der Waals surface area contributed by atoms with Crippen molar-refractivity contribution in [3.05, 3.63) is 98.6 Å². The molecule has 0 aromatic heterocycles. The Morgan fingerprint density at radius 2 is 1.80 bits per heavy atom. The van der Waals surface area contributed by atoms with Crippen molar-refractivity contribution in [3.63, 3.8) is 0 Å². The molecule has 1 unspecified atom stereocenters. The molecular weight excluding hydrogens is 489 g/mol. The van der Waals surface area contributed by atoms with Crippen molar-refractivity contribution in [1.29, 1.82) is 0 Å². The van der Waals surface area contributed by atoms with Gasteiger partial charge in [-0.25, -0.2) is 0 Å². The van der Waals surface area contributed by atoms with Gasteiger partial charge in [0, 0.05) is 0 Å². The van der Waals surface area contributed by atoms with Crippen LogP contribution >= 0.6 is 23.4 Å². The number of nitro benzene ring substituents is 1. The minimum atomic E-state index is -1.54. The Labute approximate surface area is 188 Å². The molecule has 0 aliphatic heterocycles. The number of halogens is 1. The van der Waals surface area contributed by atoms with Gasteiger partial charge in [-0.05, 0) is 0 Å². The molecule has 3 rings (SSSR count). The molecule has 0 radical (unpaired) electrons. The van der Waals surface area contributed by atoms with Gasteiger partial charge in [0.2, 0.25) is 0 Å². The van der Waals surface area contributed by atoms with Crippen LogP contribution in [0.2, 0.25) is 5.02 Å². The number of nitro groups is 1. The van der Waals surface area contributed by atoms with Gasteiger partial charge in [0.25, 0.3) is 0 Å². The van der Waals surface area contributed by atoms with Gasteiger partial charge in [0.1, 0.15) is 0 Å². The molecule has 0 spiro atoms. The number of benzene rings is 3. The van der Waals surface area contributed by atoms with E-state index >= 15 is 0 Å². The number of hydrogen-bond donors (Lipinski definition) is 1. The third kappa shape index (κ3) is 5.51. The van der Waals surface area contributed by atoms with Crippen LogP contribution in [0.4, 0.5) is 5.69 Å². The van der Waals surface area contributed by atoms with Crippen molar-refractivity contribution in [2.45, 2.75) is 10.6 Å². The average Bonchev–Trinajstić information content (AvgIpc) is 2.73. The molecule has 1 atom stereocenters. The van der Waals surface area contributed by atoms with Crippen LogP contribution in [0.5, 0.6) is 0 Å². The molecule has 9 heteroatoms.